The van der Waals surface area contributed by atoms with Gasteiger partial charge in [0, 0.05) is 6.42 Å². The monoisotopic (exact) mass is 234 g/mol. The molecule has 96 valence electrons. The number of carbonyl (C=O) groups is 1. The molecule has 0 aromatic carbocycles. The first-order valence-electron chi connectivity index (χ1n) is 6.82. The quantitative estimate of drug-likeness (QED) is 0.213. The van der Waals surface area contributed by atoms with E-state index in [1.165, 1.54) is 32.1 Å². The fraction of sp³-hybridized carbons (Fsp3) is 0.562. The number of allylic oxidation sites excluding steroid dienone is 6. The number of unbranched alkanes of at least 4 members (excludes halogenated alkanes) is 5. The van der Waals surface area contributed by atoms with Crippen LogP contribution < -0.4 is 0 Å². The molecule has 17 heavy (non-hydrogen) atoms. The van der Waals surface area contributed by atoms with Gasteiger partial charge in [0.05, 0.1) is 0 Å². The summed E-state index contributed by atoms with van der Waals surface area (Å²) in [5, 5.41) is 0. The van der Waals surface area contributed by atoms with Crippen LogP contribution in [0.25, 0.3) is 0 Å². The van der Waals surface area contributed by atoms with E-state index in [2.05, 4.69) is 31.2 Å². The topological polar surface area (TPSA) is 17.1 Å². The lowest BCUT2D eigenvalue weighted by Gasteiger charge is -1.91. The van der Waals surface area contributed by atoms with Gasteiger partial charge in [0.15, 0.2) is 0 Å². The van der Waals surface area contributed by atoms with Crippen LogP contribution in [0.1, 0.15) is 58.3 Å². The zero-order valence-electron chi connectivity index (χ0n) is 11.1. The normalized spacial score (nSPS) is 12.1. The van der Waals surface area contributed by atoms with Crippen LogP contribution in [0.2, 0.25) is 0 Å². The average Bonchev–Trinajstić information content (AvgIpc) is 2.35. The van der Waals surface area contributed by atoms with E-state index < -0.39 is 0 Å². The molecule has 0 unspecified atom stereocenters. The summed E-state index contributed by atoms with van der Waals surface area (Å²) in [6.07, 6.45) is 22.7. The van der Waals surface area contributed by atoms with Crippen molar-refractivity contribution >= 4 is 6.29 Å². The first-order chi connectivity index (χ1) is 8.41. The Hall–Kier alpha value is -1.11. The van der Waals surface area contributed by atoms with Gasteiger partial charge in [-0.2, -0.15) is 0 Å². The summed E-state index contributed by atoms with van der Waals surface area (Å²) in [7, 11) is 0. The van der Waals surface area contributed by atoms with Gasteiger partial charge in [0.1, 0.15) is 6.29 Å². The van der Waals surface area contributed by atoms with Gasteiger partial charge in [-0.1, -0.05) is 56.2 Å². The maximum atomic E-state index is 10.0. The van der Waals surface area contributed by atoms with Gasteiger partial charge < -0.3 is 4.79 Å². The lowest BCUT2D eigenvalue weighted by molar-refractivity contribution is -0.107. The van der Waals surface area contributed by atoms with E-state index in [0.717, 1.165) is 19.1 Å². The maximum Gasteiger partial charge on any atom is 0.120 e. The minimum absolute atomic E-state index is 0.632. The molecule has 0 aliphatic rings. The van der Waals surface area contributed by atoms with Crippen molar-refractivity contribution in [2.75, 3.05) is 0 Å². The minimum Gasteiger partial charge on any atom is -0.303 e. The van der Waals surface area contributed by atoms with Gasteiger partial charge in [-0.05, 0) is 32.1 Å². The fourth-order valence-corrected chi connectivity index (χ4v) is 1.43. The molecule has 0 amide bonds. The number of hydrogen-bond donors (Lipinski definition) is 0. The second kappa shape index (κ2) is 14.9. The van der Waals surface area contributed by atoms with E-state index in [0.29, 0.717) is 6.42 Å². The van der Waals surface area contributed by atoms with Gasteiger partial charge in [-0.15, -0.1) is 0 Å². The maximum absolute atomic E-state index is 10.0. The smallest absolute Gasteiger partial charge is 0.120 e. The Labute approximate surface area is 106 Å². The Morgan fingerprint density at radius 2 is 1.29 bits per heavy atom. The molecule has 0 aromatic heterocycles. The molecule has 0 aliphatic heterocycles. The summed E-state index contributed by atoms with van der Waals surface area (Å²) < 4.78 is 0. The van der Waals surface area contributed by atoms with Crippen LogP contribution in [0, 0.1) is 0 Å². The number of rotatable bonds is 11. The standard InChI is InChI=1S/C16H26O/c1-2-3-4-5-6-7-8-9-10-11-12-13-14-15-16-17/h5-6,10-13,16H,2-4,7-9,14-15H2,1H3/b6-5-,11-10+,13-12+. The van der Waals surface area contributed by atoms with Crippen molar-refractivity contribution in [1.29, 1.82) is 0 Å². The van der Waals surface area contributed by atoms with Gasteiger partial charge in [0.25, 0.3) is 0 Å². The fourth-order valence-electron chi connectivity index (χ4n) is 1.43. The highest BCUT2D eigenvalue weighted by molar-refractivity contribution is 5.49. The number of hydrogen-bond acceptors (Lipinski definition) is 1. The molecule has 0 bridgehead atoms. The van der Waals surface area contributed by atoms with Crippen molar-refractivity contribution in [2.45, 2.75) is 58.3 Å². The summed E-state index contributed by atoms with van der Waals surface area (Å²) >= 11 is 0. The SMILES string of the molecule is CCCC/C=C\CCC/C=C/C=C/CCC=O. The van der Waals surface area contributed by atoms with Crippen LogP contribution in [0.15, 0.2) is 36.5 Å². The Morgan fingerprint density at radius 1 is 0.706 bits per heavy atom. The Kier molecular flexibility index (Phi) is 13.9. The van der Waals surface area contributed by atoms with Crippen molar-refractivity contribution in [2.24, 2.45) is 0 Å². The molecule has 0 spiro atoms. The molecule has 0 radical (unpaired) electrons. The summed E-state index contributed by atoms with van der Waals surface area (Å²) in [6, 6.07) is 0. The molecule has 0 saturated heterocycles. The number of carbonyl (C=O) groups excluding carboxylic acids is 1. The van der Waals surface area contributed by atoms with Crippen molar-refractivity contribution < 1.29 is 4.79 Å². The van der Waals surface area contributed by atoms with Crippen LogP contribution in [-0.2, 0) is 4.79 Å². The predicted molar refractivity (Wildman–Crippen MR) is 76.1 cm³/mol. The molecule has 0 atom stereocenters. The first-order valence-corrected chi connectivity index (χ1v) is 6.82. The van der Waals surface area contributed by atoms with Crippen molar-refractivity contribution in [1.82, 2.24) is 0 Å². The minimum atomic E-state index is 0.632. The molecule has 0 rings (SSSR count). The van der Waals surface area contributed by atoms with E-state index in [1.54, 1.807) is 0 Å². The third-order valence-corrected chi connectivity index (χ3v) is 2.47. The average molecular weight is 234 g/mol. The van der Waals surface area contributed by atoms with Crippen molar-refractivity contribution in [3.05, 3.63) is 36.5 Å². The highest BCUT2D eigenvalue weighted by atomic mass is 16.1. The molecular weight excluding hydrogens is 208 g/mol. The largest absolute Gasteiger partial charge is 0.303 e. The zero-order chi connectivity index (χ0) is 12.6. The van der Waals surface area contributed by atoms with E-state index in [4.69, 9.17) is 0 Å². The third-order valence-electron chi connectivity index (χ3n) is 2.47. The third kappa shape index (κ3) is 14.9. The Morgan fingerprint density at radius 3 is 1.94 bits per heavy atom. The van der Waals surface area contributed by atoms with Gasteiger partial charge in [-0.3, -0.25) is 0 Å². The summed E-state index contributed by atoms with van der Waals surface area (Å²) in [4.78, 5) is 10.0. The van der Waals surface area contributed by atoms with Crippen molar-refractivity contribution in [3.8, 4) is 0 Å². The van der Waals surface area contributed by atoms with E-state index in [9.17, 15) is 4.79 Å². The summed E-state index contributed by atoms with van der Waals surface area (Å²) in [6.45, 7) is 2.22. The van der Waals surface area contributed by atoms with Gasteiger partial charge in [-0.25, -0.2) is 0 Å². The summed E-state index contributed by atoms with van der Waals surface area (Å²) in [5.74, 6) is 0. The van der Waals surface area contributed by atoms with E-state index in [1.807, 2.05) is 12.2 Å². The molecule has 0 aromatic rings. The zero-order valence-corrected chi connectivity index (χ0v) is 11.1. The molecule has 0 aliphatic carbocycles. The highest BCUT2D eigenvalue weighted by Gasteiger charge is 1.81. The molecule has 1 nitrogen and oxygen atoms in total. The second-order valence-corrected chi connectivity index (χ2v) is 4.14. The van der Waals surface area contributed by atoms with E-state index in [-0.39, 0.29) is 0 Å². The summed E-state index contributed by atoms with van der Waals surface area (Å²) in [5.41, 5.74) is 0. The van der Waals surface area contributed by atoms with Crippen molar-refractivity contribution in [3.63, 3.8) is 0 Å². The molecule has 1 heteroatoms. The lowest BCUT2D eigenvalue weighted by Crippen LogP contribution is -1.71. The van der Waals surface area contributed by atoms with E-state index >= 15 is 0 Å². The lowest BCUT2D eigenvalue weighted by atomic mass is 10.2. The highest BCUT2D eigenvalue weighted by Crippen LogP contribution is 2.01. The molecule has 0 fully saturated rings. The Balaban J connectivity index is 3.26. The van der Waals surface area contributed by atoms with Crippen LogP contribution in [-0.4, -0.2) is 6.29 Å². The molecule has 0 heterocycles. The molecule has 0 N–H and O–H groups in total. The Bertz CT molecular complexity index is 236. The predicted octanol–water partition coefficient (Wildman–Crippen LogP) is 4.99. The molecular formula is C16H26O. The van der Waals surface area contributed by atoms with Crippen LogP contribution in [0.5, 0.6) is 0 Å². The van der Waals surface area contributed by atoms with Crippen LogP contribution >= 0.6 is 0 Å². The van der Waals surface area contributed by atoms with Crippen LogP contribution in [0.3, 0.4) is 0 Å². The first kappa shape index (κ1) is 15.9. The van der Waals surface area contributed by atoms with Crippen LogP contribution in [0.4, 0.5) is 0 Å². The molecule has 0 saturated carbocycles. The van der Waals surface area contributed by atoms with Gasteiger partial charge >= 0.3 is 0 Å². The van der Waals surface area contributed by atoms with Gasteiger partial charge in [0.2, 0.25) is 0 Å². The number of aldehydes is 1. The second-order valence-electron chi connectivity index (χ2n) is 4.14.